The number of carbonyl (C=O) groups is 2. The van der Waals surface area contributed by atoms with Crippen molar-refractivity contribution in [2.75, 3.05) is 28.3 Å². The number of ketones is 1. The van der Waals surface area contributed by atoms with E-state index in [4.69, 9.17) is 33.2 Å². The summed E-state index contributed by atoms with van der Waals surface area (Å²) in [5.74, 6) is -4.47. The molecule has 18 atom stereocenters. The molecule has 3 fully saturated rings. The van der Waals surface area contributed by atoms with E-state index in [0.717, 1.165) is 0 Å². The van der Waals surface area contributed by atoms with Crippen LogP contribution >= 0.6 is 0 Å². The number of hydrogen-bond donors (Lipinski definition) is 4. The third-order valence-electron chi connectivity index (χ3n) is 12.3. The minimum absolute atomic E-state index is 0.111. The highest BCUT2D eigenvalue weighted by Crippen LogP contribution is 2.41. The zero-order valence-corrected chi connectivity index (χ0v) is 33.9. The second kappa shape index (κ2) is 17.7. The van der Waals surface area contributed by atoms with Crippen LogP contribution in [0.2, 0.25) is 0 Å². The average Bonchev–Trinajstić information content (AvgIpc) is 3.09. The number of methoxy groups -OCH3 is 2. The number of aliphatic hydroxyl groups excluding tert-OH is 3. The Morgan fingerprint density at radius 2 is 1.44 bits per heavy atom. The largest absolute Gasteiger partial charge is 0.459 e. The van der Waals surface area contributed by atoms with Crippen LogP contribution in [-0.2, 0) is 42.7 Å². The topological polar surface area (TPSA) is 183 Å². The van der Waals surface area contributed by atoms with E-state index in [1.54, 1.807) is 48.5 Å². The molecule has 0 unspecified atom stereocenters. The molecule has 0 radical (unpaired) electrons. The van der Waals surface area contributed by atoms with E-state index in [2.05, 4.69) is 0 Å². The molecule has 0 aliphatic carbocycles. The number of rotatable bonds is 8. The molecule has 3 aliphatic heterocycles. The lowest BCUT2D eigenvalue weighted by Crippen LogP contribution is -2.61. The van der Waals surface area contributed by atoms with Crippen molar-refractivity contribution >= 4 is 11.8 Å². The molecule has 3 rings (SSSR count). The van der Waals surface area contributed by atoms with Crippen molar-refractivity contribution in [1.82, 2.24) is 4.90 Å². The van der Waals surface area contributed by atoms with Gasteiger partial charge in [-0.3, -0.25) is 9.59 Å². The standard InChI is InChI=1S/C38H69NO13/c1-15-26-38(10,45)31(42)21(4)28(40)19(2)17-37(9,47-14)33(52-35-29(41)25(39(11)12)16-20(3)48-35)22(5)30(23(6)34(44)50-26)51-27-18-36(8,46-13)32(43)24(7)49-27/h19-27,29-33,35,41-43,45H,15-18H2,1-14H3/t19-,20-,21+,22+,23-,24+,25-,26-,27-,29-,30+,31-,32-,33-,35+,36+,37-,38-/m1/s1. The molecular weight excluding hydrogens is 678 g/mol. The highest BCUT2D eigenvalue weighted by Gasteiger charge is 2.54. The van der Waals surface area contributed by atoms with Gasteiger partial charge in [-0.05, 0) is 74.9 Å². The molecule has 0 bridgehead atoms. The summed E-state index contributed by atoms with van der Waals surface area (Å²) in [5.41, 5.74) is -4.24. The Kier molecular flexibility index (Phi) is 15.3. The van der Waals surface area contributed by atoms with Crippen molar-refractivity contribution in [3.05, 3.63) is 0 Å². The number of esters is 1. The van der Waals surface area contributed by atoms with E-state index in [-0.39, 0.29) is 37.2 Å². The molecular formula is C38H69NO13. The number of aliphatic hydroxyl groups is 4. The van der Waals surface area contributed by atoms with Crippen molar-refractivity contribution in [3.63, 3.8) is 0 Å². The van der Waals surface area contributed by atoms with Gasteiger partial charge in [0, 0.05) is 44.4 Å². The summed E-state index contributed by atoms with van der Waals surface area (Å²) in [7, 11) is 6.77. The molecule has 0 amide bonds. The summed E-state index contributed by atoms with van der Waals surface area (Å²) in [5, 5.41) is 45.6. The fourth-order valence-corrected chi connectivity index (χ4v) is 8.58. The smallest absolute Gasteiger partial charge is 0.311 e. The summed E-state index contributed by atoms with van der Waals surface area (Å²) in [6, 6.07) is -0.283. The predicted molar refractivity (Wildman–Crippen MR) is 191 cm³/mol. The number of cyclic esters (lactones) is 1. The quantitative estimate of drug-likeness (QED) is 0.266. The van der Waals surface area contributed by atoms with E-state index in [0.29, 0.717) is 6.42 Å². The van der Waals surface area contributed by atoms with E-state index in [9.17, 15) is 30.0 Å². The number of Topliss-reactive ketones (excluding diaryl/α,β-unsaturated/α-hetero) is 1. The molecule has 0 spiro atoms. The first-order valence-electron chi connectivity index (χ1n) is 18.9. The van der Waals surface area contributed by atoms with E-state index in [1.807, 2.05) is 32.8 Å². The Bertz CT molecular complexity index is 1190. The number of likely N-dealkylation sites (N-methyl/N-ethyl adjacent to an activating group) is 1. The maximum absolute atomic E-state index is 14.2. The molecule has 0 aromatic carbocycles. The van der Waals surface area contributed by atoms with Crippen LogP contribution in [0.15, 0.2) is 0 Å². The zero-order chi connectivity index (χ0) is 39.7. The van der Waals surface area contributed by atoms with Crippen LogP contribution in [0.1, 0.15) is 94.9 Å². The molecule has 0 aromatic heterocycles. The first kappa shape index (κ1) is 45.1. The Morgan fingerprint density at radius 1 is 0.846 bits per heavy atom. The lowest BCUT2D eigenvalue weighted by molar-refractivity contribution is -0.319. The number of carbonyl (C=O) groups excluding carboxylic acids is 2. The van der Waals surface area contributed by atoms with Gasteiger partial charge in [0.05, 0.1) is 47.6 Å². The van der Waals surface area contributed by atoms with Gasteiger partial charge >= 0.3 is 5.97 Å². The zero-order valence-electron chi connectivity index (χ0n) is 33.9. The van der Waals surface area contributed by atoms with Gasteiger partial charge in [-0.25, -0.2) is 0 Å². The number of ether oxygens (including phenoxy) is 7. The van der Waals surface area contributed by atoms with Crippen LogP contribution < -0.4 is 0 Å². The molecule has 4 N–H and O–H groups in total. The maximum Gasteiger partial charge on any atom is 0.311 e. The Hall–Kier alpha value is -1.30. The minimum Gasteiger partial charge on any atom is -0.459 e. The lowest BCUT2D eigenvalue weighted by atomic mass is 9.74. The van der Waals surface area contributed by atoms with Crippen molar-refractivity contribution < 1.29 is 63.2 Å². The van der Waals surface area contributed by atoms with Crippen LogP contribution in [0.5, 0.6) is 0 Å². The van der Waals surface area contributed by atoms with Crippen LogP contribution in [0.3, 0.4) is 0 Å². The maximum atomic E-state index is 14.2. The molecule has 0 aromatic rings. The molecule has 3 aliphatic rings. The fraction of sp³-hybridized carbons (Fsp3) is 0.947. The fourth-order valence-electron chi connectivity index (χ4n) is 8.58. The summed E-state index contributed by atoms with van der Waals surface area (Å²) < 4.78 is 43.9. The van der Waals surface area contributed by atoms with Crippen molar-refractivity contribution in [2.45, 2.75) is 179 Å². The van der Waals surface area contributed by atoms with Gasteiger partial charge in [-0.1, -0.05) is 27.7 Å². The summed E-state index contributed by atoms with van der Waals surface area (Å²) >= 11 is 0. The van der Waals surface area contributed by atoms with E-state index >= 15 is 0 Å². The number of hydrogen-bond acceptors (Lipinski definition) is 14. The third kappa shape index (κ3) is 9.38. The van der Waals surface area contributed by atoms with Crippen molar-refractivity contribution in [1.29, 1.82) is 0 Å². The SMILES string of the molecule is CC[C@H]1OC(=O)[C@H](C)[C@@H](O[C@@H]2C[C@](C)(OC)[C@H](O)[C@H](C)O2)[C@H](C)[C@@H](O[C@@H]2O[C@H](C)C[C@@H](N(C)C)[C@H]2O)[C@](C)(OC)C[C@@H](C)C(=O)[C@H](C)[C@@H](O)[C@]1(C)O. The second-order valence-electron chi connectivity index (χ2n) is 16.6. The molecule has 14 heteroatoms. The van der Waals surface area contributed by atoms with Crippen molar-refractivity contribution in [3.8, 4) is 0 Å². The van der Waals surface area contributed by atoms with E-state index in [1.165, 1.54) is 21.1 Å². The third-order valence-corrected chi connectivity index (χ3v) is 12.3. The van der Waals surface area contributed by atoms with Gasteiger partial charge in [0.2, 0.25) is 0 Å². The Morgan fingerprint density at radius 3 is 1.98 bits per heavy atom. The summed E-state index contributed by atoms with van der Waals surface area (Å²) in [4.78, 5) is 30.1. The first-order chi connectivity index (χ1) is 24.0. The van der Waals surface area contributed by atoms with E-state index < -0.39 is 102 Å². The molecule has 304 valence electrons. The number of nitrogens with zero attached hydrogens (tertiary/aromatic N) is 1. The van der Waals surface area contributed by atoms with Gasteiger partial charge in [-0.2, -0.15) is 0 Å². The van der Waals surface area contributed by atoms with Crippen molar-refractivity contribution in [2.24, 2.45) is 23.7 Å². The lowest BCUT2D eigenvalue weighted by Gasteiger charge is -2.50. The second-order valence-corrected chi connectivity index (χ2v) is 16.6. The Labute approximate surface area is 310 Å². The van der Waals surface area contributed by atoms with Gasteiger partial charge in [-0.15, -0.1) is 0 Å². The first-order valence-corrected chi connectivity index (χ1v) is 18.9. The molecule has 3 heterocycles. The Balaban J connectivity index is 2.22. The van der Waals surface area contributed by atoms with Crippen LogP contribution in [0.4, 0.5) is 0 Å². The normalized spacial score (nSPS) is 49.0. The molecule has 3 saturated heterocycles. The van der Waals surface area contributed by atoms with Crippen LogP contribution in [0, 0.1) is 23.7 Å². The molecule has 52 heavy (non-hydrogen) atoms. The highest BCUT2D eigenvalue weighted by atomic mass is 16.7. The predicted octanol–water partition coefficient (Wildman–Crippen LogP) is 2.44. The van der Waals surface area contributed by atoms with Gasteiger partial charge in [0.25, 0.3) is 0 Å². The summed E-state index contributed by atoms with van der Waals surface area (Å²) in [6.07, 6.45) is -8.73. The average molecular weight is 748 g/mol. The van der Waals surface area contributed by atoms with Gasteiger partial charge < -0.3 is 58.5 Å². The minimum atomic E-state index is -1.96. The monoisotopic (exact) mass is 747 g/mol. The highest BCUT2D eigenvalue weighted by molar-refractivity contribution is 5.83. The van der Waals surface area contributed by atoms with Crippen LogP contribution in [0.25, 0.3) is 0 Å². The van der Waals surface area contributed by atoms with Gasteiger partial charge in [0.1, 0.15) is 29.7 Å². The van der Waals surface area contributed by atoms with Crippen LogP contribution in [-0.4, -0.2) is 150 Å². The molecule has 14 nitrogen and oxygen atoms in total. The molecule has 0 saturated carbocycles. The van der Waals surface area contributed by atoms with Gasteiger partial charge in [0.15, 0.2) is 12.6 Å². The summed E-state index contributed by atoms with van der Waals surface area (Å²) in [6.45, 7) is 17.1.